The topological polar surface area (TPSA) is 49.7 Å². The molecule has 1 aromatic carbocycles. The number of ketones is 1. The number of hydrogen-bond donors (Lipinski definition) is 1. The molecule has 1 aliphatic carbocycles. The Balaban J connectivity index is 2.08. The zero-order valence-corrected chi connectivity index (χ0v) is 15.5. The molecule has 23 heavy (non-hydrogen) atoms. The van der Waals surface area contributed by atoms with E-state index in [0.717, 1.165) is 27.3 Å². The first-order chi connectivity index (χ1) is 11.0. The van der Waals surface area contributed by atoms with Gasteiger partial charge in [-0.2, -0.15) is 0 Å². The number of aliphatic imine (C=N–C) groups is 1. The SMILES string of the molecule is C[Si]1(C)C2=CC(=O)C=CC2=Nc2ccc(O)c(-c3ccc[se]3)c21. The first kappa shape index (κ1) is 14.6. The number of phenolic OH excluding ortho intramolecular Hbond substituents is 1. The molecule has 0 saturated heterocycles. The summed E-state index contributed by atoms with van der Waals surface area (Å²) in [6.45, 7) is 4.47. The summed E-state index contributed by atoms with van der Waals surface area (Å²) in [5.41, 5.74) is 2.77. The van der Waals surface area contributed by atoms with Crippen LogP contribution in [0.25, 0.3) is 10.0 Å². The van der Waals surface area contributed by atoms with E-state index in [1.807, 2.05) is 18.2 Å². The summed E-state index contributed by atoms with van der Waals surface area (Å²) < 4.78 is 1.18. The zero-order valence-electron chi connectivity index (χ0n) is 12.8. The average Bonchev–Trinajstić information content (AvgIpc) is 3.03. The third-order valence-electron chi connectivity index (χ3n) is 4.44. The molecular weight excluding hydrogens is 369 g/mol. The quantitative estimate of drug-likeness (QED) is 0.607. The van der Waals surface area contributed by atoms with Crippen LogP contribution in [0.4, 0.5) is 5.69 Å². The van der Waals surface area contributed by atoms with E-state index in [9.17, 15) is 9.90 Å². The third kappa shape index (κ3) is 2.16. The second kappa shape index (κ2) is 5.03. The van der Waals surface area contributed by atoms with Gasteiger partial charge in [0.05, 0.1) is 0 Å². The fraction of sp³-hybridized carbons (Fsp3) is 0.111. The normalized spacial score (nSPS) is 18.1. The van der Waals surface area contributed by atoms with E-state index in [1.165, 1.54) is 4.44 Å². The number of rotatable bonds is 1. The van der Waals surface area contributed by atoms with Crippen molar-refractivity contribution in [2.24, 2.45) is 4.99 Å². The van der Waals surface area contributed by atoms with Crippen molar-refractivity contribution in [2.75, 3.05) is 0 Å². The minimum absolute atomic E-state index is 0.0237. The molecule has 2 aliphatic rings. The molecule has 0 unspecified atom stereocenters. The molecule has 3 nitrogen and oxygen atoms in total. The van der Waals surface area contributed by atoms with Gasteiger partial charge >= 0.3 is 141 Å². The maximum atomic E-state index is 11.9. The second-order valence-electron chi connectivity index (χ2n) is 6.25. The Bertz CT molecular complexity index is 921. The molecule has 1 N–H and O–H groups in total. The first-order valence-electron chi connectivity index (χ1n) is 7.42. The Hall–Kier alpha value is -1.94. The van der Waals surface area contributed by atoms with E-state index >= 15 is 0 Å². The van der Waals surface area contributed by atoms with Crippen molar-refractivity contribution in [3.63, 3.8) is 0 Å². The van der Waals surface area contributed by atoms with Crippen molar-refractivity contribution in [1.29, 1.82) is 0 Å². The van der Waals surface area contributed by atoms with E-state index in [2.05, 4.69) is 24.1 Å². The van der Waals surface area contributed by atoms with Crippen molar-refractivity contribution < 1.29 is 9.90 Å². The number of phenols is 1. The van der Waals surface area contributed by atoms with Crippen molar-refractivity contribution in [2.45, 2.75) is 13.1 Å². The predicted octanol–water partition coefficient (Wildman–Crippen LogP) is 2.72. The molecule has 1 aliphatic heterocycles. The number of benzene rings is 1. The van der Waals surface area contributed by atoms with Crippen molar-refractivity contribution in [3.8, 4) is 15.8 Å². The van der Waals surface area contributed by atoms with E-state index in [1.54, 1.807) is 18.2 Å². The fourth-order valence-electron chi connectivity index (χ4n) is 3.35. The summed E-state index contributed by atoms with van der Waals surface area (Å²) in [4.78, 5) is 18.8. The predicted molar refractivity (Wildman–Crippen MR) is 96.9 cm³/mol. The van der Waals surface area contributed by atoms with Gasteiger partial charge in [-0.25, -0.2) is 0 Å². The summed E-state index contributed by atoms with van der Waals surface area (Å²) in [5, 5.41) is 12.7. The molecule has 0 atom stereocenters. The van der Waals surface area contributed by atoms with Crippen LogP contribution in [0, 0.1) is 0 Å². The molecule has 0 bridgehead atoms. The second-order valence-corrected chi connectivity index (χ2v) is 12.5. The molecule has 5 heteroatoms. The Morgan fingerprint density at radius 3 is 2.74 bits per heavy atom. The summed E-state index contributed by atoms with van der Waals surface area (Å²) in [6.07, 6.45) is 5.13. The number of hydrogen-bond acceptors (Lipinski definition) is 3. The van der Waals surface area contributed by atoms with Crippen LogP contribution in [-0.2, 0) is 4.79 Å². The molecule has 1 aromatic heterocycles. The van der Waals surface area contributed by atoms with Crippen molar-refractivity contribution in [3.05, 3.63) is 52.6 Å². The number of nitrogens with zero attached hydrogens (tertiary/aromatic N) is 1. The van der Waals surface area contributed by atoms with Crippen molar-refractivity contribution in [1.82, 2.24) is 0 Å². The number of carbonyl (C=O) groups is 1. The zero-order chi connectivity index (χ0) is 16.2. The Labute approximate surface area is 141 Å². The Morgan fingerprint density at radius 2 is 2.00 bits per heavy atom. The monoisotopic (exact) mass is 385 g/mol. The van der Waals surface area contributed by atoms with Crippen LogP contribution in [-0.4, -0.2) is 39.2 Å². The standard InChI is InChI=1S/C18H15NO2SeSi/c1-23(2)16-10-11(20)5-6-12(16)19-13-7-8-14(21)17(18(13)23)15-4-3-9-22-15/h3-10,21H,1-2H3. The molecule has 0 spiro atoms. The minimum atomic E-state index is -2.12. The van der Waals surface area contributed by atoms with E-state index in [-0.39, 0.29) is 20.3 Å². The van der Waals surface area contributed by atoms with Gasteiger partial charge in [0.25, 0.3) is 0 Å². The van der Waals surface area contributed by atoms with Gasteiger partial charge in [-0.15, -0.1) is 0 Å². The van der Waals surface area contributed by atoms with Gasteiger partial charge in [-0.05, 0) is 0 Å². The van der Waals surface area contributed by atoms with Crippen LogP contribution in [0.5, 0.6) is 5.75 Å². The van der Waals surface area contributed by atoms with Crippen LogP contribution >= 0.6 is 0 Å². The molecule has 0 fully saturated rings. The molecule has 0 saturated carbocycles. The van der Waals surface area contributed by atoms with Crippen LogP contribution in [0.15, 0.2) is 57.6 Å². The number of carbonyl (C=O) groups excluding carboxylic acids is 1. The van der Waals surface area contributed by atoms with Gasteiger partial charge in [0.1, 0.15) is 0 Å². The fourth-order valence-corrected chi connectivity index (χ4v) is 8.42. The molecule has 0 amide bonds. The molecule has 2 heterocycles. The van der Waals surface area contributed by atoms with Gasteiger partial charge in [0.15, 0.2) is 0 Å². The summed E-state index contributed by atoms with van der Waals surface area (Å²) >= 11 is 0.234. The van der Waals surface area contributed by atoms with Crippen LogP contribution in [0.2, 0.25) is 13.1 Å². The van der Waals surface area contributed by atoms with E-state index in [4.69, 9.17) is 4.99 Å². The van der Waals surface area contributed by atoms with Crippen molar-refractivity contribution >= 4 is 44.9 Å². The molecule has 2 aromatic rings. The number of fused-ring (bicyclic) bond motifs is 2. The first-order valence-corrected chi connectivity index (χ1v) is 12.3. The molecule has 4 rings (SSSR count). The number of aromatic hydroxyl groups is 1. The van der Waals surface area contributed by atoms with Gasteiger partial charge in [0, 0.05) is 0 Å². The Kier molecular flexibility index (Phi) is 3.20. The number of allylic oxidation sites excluding steroid dienone is 4. The van der Waals surface area contributed by atoms with Crippen LogP contribution in [0.1, 0.15) is 0 Å². The summed E-state index contributed by atoms with van der Waals surface area (Å²) in [7, 11) is -2.12. The van der Waals surface area contributed by atoms with E-state index < -0.39 is 8.07 Å². The van der Waals surface area contributed by atoms with Gasteiger partial charge in [-0.3, -0.25) is 0 Å². The van der Waals surface area contributed by atoms with Gasteiger partial charge < -0.3 is 0 Å². The van der Waals surface area contributed by atoms with Crippen LogP contribution < -0.4 is 5.19 Å². The summed E-state index contributed by atoms with van der Waals surface area (Å²) in [5.74, 6) is 0.341. The maximum absolute atomic E-state index is 11.9. The molecular formula is C18H15NO2SeSi. The van der Waals surface area contributed by atoms with E-state index in [0.29, 0.717) is 5.75 Å². The third-order valence-corrected chi connectivity index (χ3v) is 9.80. The molecule has 114 valence electrons. The van der Waals surface area contributed by atoms with Gasteiger partial charge in [0.2, 0.25) is 0 Å². The summed E-state index contributed by atoms with van der Waals surface area (Å²) in [6, 6.07) is 7.77. The molecule has 0 radical (unpaired) electrons. The Morgan fingerprint density at radius 1 is 1.17 bits per heavy atom. The van der Waals surface area contributed by atoms with Gasteiger partial charge in [-0.1, -0.05) is 0 Å². The van der Waals surface area contributed by atoms with Crippen LogP contribution in [0.3, 0.4) is 0 Å². The average molecular weight is 384 g/mol.